The molecule has 1 unspecified atom stereocenters. The third-order valence-electron chi connectivity index (χ3n) is 16.4. The molecule has 0 aromatic heterocycles. The Morgan fingerprint density at radius 2 is 0.466 bits per heavy atom. The van der Waals surface area contributed by atoms with Gasteiger partial charge in [0, 0.05) is 25.7 Å². The second-order valence-electron chi connectivity index (χ2n) is 25.3. The van der Waals surface area contributed by atoms with E-state index in [9.17, 15) is 29.4 Å². The summed E-state index contributed by atoms with van der Waals surface area (Å²) in [6, 6.07) is 0. The molecule has 0 spiro atoms. The van der Waals surface area contributed by atoms with Crippen LogP contribution < -0.4 is 0 Å². The first-order valence-corrected chi connectivity index (χ1v) is 37.8. The number of aliphatic hydroxyl groups excluding tert-OH is 2. The predicted octanol–water partition coefficient (Wildman–Crippen LogP) is 23.0. The molecule has 0 aliphatic carbocycles. The lowest BCUT2D eigenvalue weighted by Crippen LogP contribution is -2.28. The van der Waals surface area contributed by atoms with Gasteiger partial charge in [0.25, 0.3) is 0 Å². The molecular formula is C78H144O10. The Morgan fingerprint density at radius 3 is 0.693 bits per heavy atom. The minimum Gasteiger partial charge on any atom is -0.463 e. The van der Waals surface area contributed by atoms with Gasteiger partial charge in [-0.05, 0) is 128 Å². The van der Waals surface area contributed by atoms with Crippen molar-refractivity contribution in [3.63, 3.8) is 0 Å². The van der Waals surface area contributed by atoms with Crippen LogP contribution in [-0.4, -0.2) is 72.7 Å². The molecule has 0 fully saturated rings. The van der Waals surface area contributed by atoms with E-state index in [2.05, 4.69) is 76.3 Å². The van der Waals surface area contributed by atoms with Gasteiger partial charge in [0.2, 0.25) is 0 Å². The topological polar surface area (TPSA) is 146 Å². The third-order valence-corrected chi connectivity index (χ3v) is 16.4. The van der Waals surface area contributed by atoms with Gasteiger partial charge >= 0.3 is 23.9 Å². The average Bonchev–Trinajstić information content (AvgIpc) is 3.53. The molecule has 0 aromatic rings. The van der Waals surface area contributed by atoms with Crippen molar-refractivity contribution in [1.29, 1.82) is 0 Å². The van der Waals surface area contributed by atoms with Gasteiger partial charge in [-0.25, -0.2) is 0 Å². The van der Waals surface area contributed by atoms with Crippen LogP contribution in [-0.2, 0) is 38.1 Å². The molecule has 0 bridgehead atoms. The maximum absolute atomic E-state index is 12.1. The number of aliphatic hydroxyl groups is 2. The predicted molar refractivity (Wildman–Crippen MR) is 374 cm³/mol. The number of allylic oxidation sites excluding steroid dienone is 8. The second-order valence-corrected chi connectivity index (χ2v) is 25.3. The fraction of sp³-hybridized carbons (Fsp3) is 0.846. The van der Waals surface area contributed by atoms with E-state index in [0.29, 0.717) is 25.7 Å². The zero-order chi connectivity index (χ0) is 64.4. The van der Waals surface area contributed by atoms with Gasteiger partial charge in [0.05, 0.1) is 6.61 Å². The molecule has 0 saturated heterocycles. The lowest BCUT2D eigenvalue weighted by Gasteiger charge is -2.15. The van der Waals surface area contributed by atoms with Crippen molar-refractivity contribution in [1.82, 2.24) is 0 Å². The van der Waals surface area contributed by atoms with Crippen molar-refractivity contribution in [2.24, 2.45) is 0 Å². The molecule has 0 saturated carbocycles. The van der Waals surface area contributed by atoms with Gasteiger partial charge in [0.15, 0.2) is 6.10 Å². The van der Waals surface area contributed by atoms with E-state index in [1.165, 1.54) is 231 Å². The van der Waals surface area contributed by atoms with Crippen LogP contribution in [0.1, 0.15) is 387 Å². The molecule has 0 heterocycles. The minimum absolute atomic E-state index is 0.0709. The summed E-state index contributed by atoms with van der Waals surface area (Å²) in [5.41, 5.74) is 0. The lowest BCUT2D eigenvalue weighted by molar-refractivity contribution is -0.161. The fourth-order valence-electron chi connectivity index (χ4n) is 10.6. The van der Waals surface area contributed by atoms with E-state index >= 15 is 0 Å². The summed E-state index contributed by atoms with van der Waals surface area (Å²) < 4.78 is 20.9. The molecule has 1 atom stereocenters. The maximum Gasteiger partial charge on any atom is 0.306 e. The molecule has 2 N–H and O–H groups in total. The average molecular weight is 1240 g/mol. The van der Waals surface area contributed by atoms with Gasteiger partial charge in [-0.1, -0.05) is 282 Å². The number of hydrogen-bond donors (Lipinski definition) is 2. The van der Waals surface area contributed by atoms with E-state index in [1.807, 2.05) is 0 Å². The number of carbonyl (C=O) groups excluding carboxylic acids is 4. The van der Waals surface area contributed by atoms with Crippen molar-refractivity contribution in [2.45, 2.75) is 399 Å². The maximum atomic E-state index is 12.1. The Bertz CT molecular complexity index is 1510. The molecule has 10 nitrogen and oxygen atoms in total. The molecule has 0 aromatic carbocycles. The first kappa shape index (κ1) is 86.8. The lowest BCUT2D eigenvalue weighted by atomic mass is 10.1. The second kappa shape index (κ2) is 76.2. The van der Waals surface area contributed by atoms with Crippen molar-refractivity contribution in [3.05, 3.63) is 48.6 Å². The number of carbonyl (C=O) groups is 4. The Morgan fingerprint density at radius 1 is 0.273 bits per heavy atom. The molecule has 516 valence electrons. The third kappa shape index (κ3) is 75.2. The van der Waals surface area contributed by atoms with Gasteiger partial charge < -0.3 is 29.2 Å². The molecule has 0 aliphatic rings. The number of hydrogen-bond acceptors (Lipinski definition) is 10. The molecule has 0 amide bonds. The highest BCUT2D eigenvalue weighted by Gasteiger charge is 2.16. The van der Waals surface area contributed by atoms with E-state index in [0.717, 1.165) is 103 Å². The Labute approximate surface area is 544 Å². The Balaban J connectivity index is 0. The van der Waals surface area contributed by atoms with Crippen LogP contribution in [0.15, 0.2) is 48.6 Å². The Hall–Kier alpha value is -3.24. The zero-order valence-electron chi connectivity index (χ0n) is 58.4. The van der Waals surface area contributed by atoms with Gasteiger partial charge in [-0.2, -0.15) is 0 Å². The molecule has 88 heavy (non-hydrogen) atoms. The van der Waals surface area contributed by atoms with Crippen molar-refractivity contribution < 1.29 is 48.3 Å². The summed E-state index contributed by atoms with van der Waals surface area (Å²) in [4.78, 5) is 48.1. The van der Waals surface area contributed by atoms with E-state index in [1.54, 1.807) is 0 Å². The molecule has 10 heteroatoms. The molecular weight excluding hydrogens is 1100 g/mol. The zero-order valence-corrected chi connectivity index (χ0v) is 58.4. The number of unbranched alkanes of at least 4 members (excludes halogenated alkanes) is 44. The van der Waals surface area contributed by atoms with Crippen LogP contribution in [0, 0.1) is 0 Å². The first-order valence-electron chi connectivity index (χ1n) is 37.8. The summed E-state index contributed by atoms with van der Waals surface area (Å²) in [7, 11) is 0. The molecule has 0 rings (SSSR count). The van der Waals surface area contributed by atoms with Crippen LogP contribution in [0.25, 0.3) is 0 Å². The number of rotatable bonds is 68. The SMILES string of the molecule is CCCCCCCC/C=C\CCCCCCCC(=O)OCC(CO)OC(=O)CCCCCCC/C=C\CCCCCCCC.CCCCCCCC/C=C\CCCCCCCC(=O)OCC(O)COC(=O)CCCCCCC/C=C\CCCCCCCC. The summed E-state index contributed by atoms with van der Waals surface area (Å²) in [5.74, 6) is -1.19. The van der Waals surface area contributed by atoms with Gasteiger partial charge in [-0.15, -0.1) is 0 Å². The van der Waals surface area contributed by atoms with Crippen molar-refractivity contribution in [2.75, 3.05) is 26.4 Å². The highest BCUT2D eigenvalue weighted by molar-refractivity contribution is 5.70. The summed E-state index contributed by atoms with van der Waals surface area (Å²) in [5, 5.41) is 19.5. The summed E-state index contributed by atoms with van der Waals surface area (Å²) in [6.45, 7) is 8.39. The van der Waals surface area contributed by atoms with Crippen LogP contribution in [0.2, 0.25) is 0 Å². The van der Waals surface area contributed by atoms with E-state index in [-0.39, 0.29) is 50.3 Å². The normalized spacial score (nSPS) is 12.0. The highest BCUT2D eigenvalue weighted by atomic mass is 16.6. The van der Waals surface area contributed by atoms with E-state index in [4.69, 9.17) is 18.9 Å². The summed E-state index contributed by atoms with van der Waals surface area (Å²) >= 11 is 0. The quantitative estimate of drug-likeness (QED) is 0.0261. The van der Waals surface area contributed by atoms with Gasteiger partial charge in [0.1, 0.15) is 25.9 Å². The minimum atomic E-state index is -0.967. The number of esters is 4. The molecule has 0 aliphatic heterocycles. The van der Waals surface area contributed by atoms with Crippen molar-refractivity contribution in [3.8, 4) is 0 Å². The summed E-state index contributed by atoms with van der Waals surface area (Å²) in [6.07, 6.45) is 81.7. The largest absolute Gasteiger partial charge is 0.463 e. The monoisotopic (exact) mass is 1240 g/mol. The standard InChI is InChI=1S/2C39H72O5/c1-3-5-7-9-11-13-15-17-19-21-23-25-27-29-31-33-38(41)43-35-37(40)36-44-39(42)34-32-30-28-26-24-22-20-18-16-14-12-10-8-6-4-2;1-3-5-7-9-11-13-15-17-19-21-23-25-27-29-31-33-38(41)43-36-37(35-40)44-39(42)34-32-30-28-26-24-22-20-18-16-14-12-10-8-6-4-2/h2*17-20,37,40H,3-16,21-36H2,1-2H3/b2*19-17-,20-18-. The van der Waals surface area contributed by atoms with Gasteiger partial charge in [-0.3, -0.25) is 19.2 Å². The highest BCUT2D eigenvalue weighted by Crippen LogP contribution is 2.16. The van der Waals surface area contributed by atoms with Crippen LogP contribution in [0.3, 0.4) is 0 Å². The van der Waals surface area contributed by atoms with Crippen LogP contribution in [0.5, 0.6) is 0 Å². The van der Waals surface area contributed by atoms with Crippen molar-refractivity contribution >= 4 is 23.9 Å². The van der Waals surface area contributed by atoms with Crippen LogP contribution in [0.4, 0.5) is 0 Å². The Kier molecular flexibility index (Phi) is 75.2. The fourth-order valence-corrected chi connectivity index (χ4v) is 10.6. The van der Waals surface area contributed by atoms with E-state index < -0.39 is 12.2 Å². The van der Waals surface area contributed by atoms with Crippen LogP contribution >= 0.6 is 0 Å². The molecule has 0 radical (unpaired) electrons. The first-order chi connectivity index (χ1) is 43.2. The smallest absolute Gasteiger partial charge is 0.306 e. The number of ether oxygens (including phenoxy) is 4.